The monoisotopic (exact) mass is 456 g/mol. The second kappa shape index (κ2) is 9.86. The number of nitrogens with zero attached hydrogens (tertiary/aromatic N) is 5. The van der Waals surface area contributed by atoms with Crippen LogP contribution in [0.25, 0.3) is 5.65 Å². The standard InChI is InChI=1S/C22H25ClN6O3/c1-2-32-21-5-3-4-18-25-26-22(29(18)21)24-19(30)10-11-20(31)28-14-12-27(13-15-28)17-8-6-16(23)7-9-17/h3-9H,2,10-15H2,1H3,(H,24,26,30). The molecule has 1 saturated heterocycles. The summed E-state index contributed by atoms with van der Waals surface area (Å²) < 4.78 is 7.22. The van der Waals surface area contributed by atoms with Crippen LogP contribution in [0.2, 0.25) is 5.02 Å². The average Bonchev–Trinajstić information content (AvgIpc) is 3.22. The molecule has 3 heterocycles. The number of nitrogens with one attached hydrogen (secondary N) is 1. The zero-order chi connectivity index (χ0) is 22.5. The predicted molar refractivity (Wildman–Crippen MR) is 122 cm³/mol. The zero-order valence-corrected chi connectivity index (χ0v) is 18.6. The first kappa shape index (κ1) is 21.9. The molecule has 0 spiro atoms. The summed E-state index contributed by atoms with van der Waals surface area (Å²) in [5.41, 5.74) is 1.66. The van der Waals surface area contributed by atoms with Crippen molar-refractivity contribution in [2.45, 2.75) is 19.8 Å². The maximum Gasteiger partial charge on any atom is 0.238 e. The number of hydrogen-bond acceptors (Lipinski definition) is 6. The van der Waals surface area contributed by atoms with Crippen LogP contribution in [0.4, 0.5) is 11.6 Å². The second-order valence-corrected chi connectivity index (χ2v) is 7.84. The third kappa shape index (κ3) is 4.94. The first-order valence-electron chi connectivity index (χ1n) is 10.6. The summed E-state index contributed by atoms with van der Waals surface area (Å²) in [7, 11) is 0. The minimum Gasteiger partial charge on any atom is -0.479 e. The highest BCUT2D eigenvalue weighted by molar-refractivity contribution is 6.30. The third-order valence-electron chi connectivity index (χ3n) is 5.33. The van der Waals surface area contributed by atoms with Gasteiger partial charge in [0.15, 0.2) is 5.65 Å². The number of fused-ring (bicyclic) bond motifs is 1. The van der Waals surface area contributed by atoms with E-state index in [0.717, 1.165) is 18.8 Å². The molecule has 0 unspecified atom stereocenters. The van der Waals surface area contributed by atoms with Gasteiger partial charge in [-0.1, -0.05) is 17.7 Å². The molecule has 32 heavy (non-hydrogen) atoms. The molecular formula is C22H25ClN6O3. The molecule has 1 aliphatic rings. The number of aromatic nitrogens is 3. The minimum absolute atomic E-state index is 0.0305. The Morgan fingerprint density at radius 1 is 1.03 bits per heavy atom. The van der Waals surface area contributed by atoms with E-state index in [2.05, 4.69) is 20.4 Å². The third-order valence-corrected chi connectivity index (χ3v) is 5.58. The first-order valence-corrected chi connectivity index (χ1v) is 11.0. The van der Waals surface area contributed by atoms with Crippen LogP contribution in [-0.2, 0) is 9.59 Å². The zero-order valence-electron chi connectivity index (χ0n) is 17.8. The highest BCUT2D eigenvalue weighted by atomic mass is 35.5. The maximum atomic E-state index is 12.6. The molecule has 2 aromatic heterocycles. The van der Waals surface area contributed by atoms with E-state index in [-0.39, 0.29) is 30.6 Å². The number of hydrogen-bond donors (Lipinski definition) is 1. The largest absolute Gasteiger partial charge is 0.479 e. The summed E-state index contributed by atoms with van der Waals surface area (Å²) in [4.78, 5) is 29.1. The molecule has 1 aromatic carbocycles. The van der Waals surface area contributed by atoms with E-state index in [0.29, 0.717) is 36.2 Å². The molecular weight excluding hydrogens is 432 g/mol. The number of anilines is 2. The lowest BCUT2D eigenvalue weighted by Crippen LogP contribution is -2.48. The molecule has 1 aliphatic heterocycles. The van der Waals surface area contributed by atoms with Crippen molar-refractivity contribution in [3.05, 3.63) is 47.5 Å². The molecule has 1 fully saturated rings. The number of piperazine rings is 1. The summed E-state index contributed by atoms with van der Waals surface area (Å²) in [6, 6.07) is 13.1. The molecule has 0 atom stereocenters. The normalized spacial score (nSPS) is 13.9. The molecule has 0 saturated carbocycles. The van der Waals surface area contributed by atoms with Gasteiger partial charge in [-0.15, -0.1) is 10.2 Å². The van der Waals surface area contributed by atoms with E-state index in [9.17, 15) is 9.59 Å². The van der Waals surface area contributed by atoms with Crippen molar-refractivity contribution in [2.24, 2.45) is 0 Å². The van der Waals surface area contributed by atoms with Crippen LogP contribution in [-0.4, -0.2) is 64.1 Å². The second-order valence-electron chi connectivity index (χ2n) is 7.41. The molecule has 4 rings (SSSR count). The van der Waals surface area contributed by atoms with Crippen LogP contribution < -0.4 is 15.0 Å². The Bertz CT molecular complexity index is 1090. The van der Waals surface area contributed by atoms with Gasteiger partial charge < -0.3 is 14.5 Å². The van der Waals surface area contributed by atoms with Crippen molar-refractivity contribution in [3.63, 3.8) is 0 Å². The van der Waals surface area contributed by atoms with E-state index in [4.69, 9.17) is 16.3 Å². The summed E-state index contributed by atoms with van der Waals surface area (Å²) in [5.74, 6) is 0.494. The van der Waals surface area contributed by atoms with Gasteiger partial charge in [0.05, 0.1) is 6.61 Å². The van der Waals surface area contributed by atoms with Gasteiger partial charge in [-0.3, -0.25) is 14.9 Å². The SMILES string of the molecule is CCOc1cccc2nnc(NC(=O)CCC(=O)N3CCN(c4ccc(Cl)cc4)CC3)n12. The topological polar surface area (TPSA) is 92.1 Å². The van der Waals surface area contributed by atoms with Gasteiger partial charge in [0.25, 0.3) is 0 Å². The maximum absolute atomic E-state index is 12.6. The average molecular weight is 457 g/mol. The van der Waals surface area contributed by atoms with Crippen LogP contribution in [0.1, 0.15) is 19.8 Å². The van der Waals surface area contributed by atoms with Crippen molar-refractivity contribution >= 4 is 40.7 Å². The quantitative estimate of drug-likeness (QED) is 0.587. The van der Waals surface area contributed by atoms with Gasteiger partial charge in [-0.2, -0.15) is 0 Å². The van der Waals surface area contributed by atoms with E-state index >= 15 is 0 Å². The number of halogens is 1. The number of ether oxygens (including phenoxy) is 1. The van der Waals surface area contributed by atoms with Crippen LogP contribution in [0, 0.1) is 0 Å². The Balaban J connectivity index is 1.28. The Labute approximate surface area is 190 Å². The van der Waals surface area contributed by atoms with E-state index in [1.54, 1.807) is 21.4 Å². The highest BCUT2D eigenvalue weighted by Gasteiger charge is 2.22. The van der Waals surface area contributed by atoms with Gasteiger partial charge in [0.2, 0.25) is 23.6 Å². The summed E-state index contributed by atoms with van der Waals surface area (Å²) in [6.45, 7) is 5.08. The Kier molecular flexibility index (Phi) is 6.75. The van der Waals surface area contributed by atoms with Gasteiger partial charge in [0, 0.05) is 49.7 Å². The van der Waals surface area contributed by atoms with Crippen molar-refractivity contribution in [2.75, 3.05) is 43.0 Å². The van der Waals surface area contributed by atoms with Gasteiger partial charge in [0.1, 0.15) is 0 Å². The van der Waals surface area contributed by atoms with E-state index in [1.807, 2.05) is 37.3 Å². The van der Waals surface area contributed by atoms with Crippen molar-refractivity contribution in [1.29, 1.82) is 0 Å². The van der Waals surface area contributed by atoms with Crippen molar-refractivity contribution in [3.8, 4) is 5.88 Å². The number of carbonyl (C=O) groups is 2. The molecule has 3 aromatic rings. The number of carbonyl (C=O) groups excluding carboxylic acids is 2. The number of benzene rings is 1. The summed E-state index contributed by atoms with van der Waals surface area (Å²) >= 11 is 5.95. The van der Waals surface area contributed by atoms with E-state index < -0.39 is 0 Å². The fourth-order valence-corrected chi connectivity index (χ4v) is 3.81. The Hall–Kier alpha value is -3.33. The van der Waals surface area contributed by atoms with Crippen LogP contribution in [0.3, 0.4) is 0 Å². The smallest absolute Gasteiger partial charge is 0.238 e. The number of amides is 2. The van der Waals surface area contributed by atoms with Crippen molar-refractivity contribution in [1.82, 2.24) is 19.5 Å². The highest BCUT2D eigenvalue weighted by Crippen LogP contribution is 2.21. The fraction of sp³-hybridized carbons (Fsp3) is 0.364. The lowest BCUT2D eigenvalue weighted by atomic mass is 10.2. The van der Waals surface area contributed by atoms with Gasteiger partial charge in [-0.25, -0.2) is 4.40 Å². The van der Waals surface area contributed by atoms with Gasteiger partial charge >= 0.3 is 0 Å². The molecule has 0 radical (unpaired) electrons. The molecule has 9 nitrogen and oxygen atoms in total. The molecule has 1 N–H and O–H groups in total. The van der Waals surface area contributed by atoms with Crippen LogP contribution in [0.15, 0.2) is 42.5 Å². The Morgan fingerprint density at radius 3 is 2.50 bits per heavy atom. The van der Waals surface area contributed by atoms with E-state index in [1.165, 1.54) is 0 Å². The molecule has 10 heteroatoms. The number of rotatable bonds is 7. The molecule has 168 valence electrons. The first-order chi connectivity index (χ1) is 15.5. The molecule has 2 amide bonds. The lowest BCUT2D eigenvalue weighted by Gasteiger charge is -2.36. The lowest BCUT2D eigenvalue weighted by molar-refractivity contribution is -0.133. The minimum atomic E-state index is -0.293. The predicted octanol–water partition coefficient (Wildman–Crippen LogP) is 2.85. The van der Waals surface area contributed by atoms with Gasteiger partial charge in [-0.05, 0) is 43.3 Å². The fourth-order valence-electron chi connectivity index (χ4n) is 3.69. The number of pyridine rings is 1. The molecule has 0 aliphatic carbocycles. The summed E-state index contributed by atoms with van der Waals surface area (Å²) in [6.07, 6.45) is 0.212. The Morgan fingerprint density at radius 2 is 1.78 bits per heavy atom. The van der Waals surface area contributed by atoms with Crippen LogP contribution >= 0.6 is 11.6 Å². The molecule has 0 bridgehead atoms. The van der Waals surface area contributed by atoms with Crippen LogP contribution in [0.5, 0.6) is 5.88 Å². The van der Waals surface area contributed by atoms with Crippen molar-refractivity contribution < 1.29 is 14.3 Å². The summed E-state index contributed by atoms with van der Waals surface area (Å²) in [5, 5.41) is 11.5.